The molecular weight excluding hydrogens is 352 g/mol. The van der Waals surface area contributed by atoms with Gasteiger partial charge in [0.05, 0.1) is 85.9 Å². The van der Waals surface area contributed by atoms with Crippen molar-refractivity contribution in [3.05, 3.63) is 35.4 Å². The average Bonchev–Trinajstić information content (AvgIpc) is 2.68. The van der Waals surface area contributed by atoms with Crippen LogP contribution in [-0.2, 0) is 35.0 Å². The summed E-state index contributed by atoms with van der Waals surface area (Å²) in [5.41, 5.74) is 2.42. The van der Waals surface area contributed by atoms with E-state index in [0.29, 0.717) is 79.3 Å². The highest BCUT2D eigenvalue weighted by Gasteiger charge is 1.95. The lowest BCUT2D eigenvalue weighted by Crippen LogP contribution is -2.14. The van der Waals surface area contributed by atoms with E-state index in [2.05, 4.69) is 31.2 Å². The molecular formula is C20H34O7. The zero-order valence-corrected chi connectivity index (χ0v) is 16.4. The molecule has 156 valence electrons. The fourth-order valence-corrected chi connectivity index (χ4v) is 2.04. The quantitative estimate of drug-likeness (QED) is 0.362. The predicted molar refractivity (Wildman–Crippen MR) is 102 cm³/mol. The molecule has 1 rings (SSSR count). The molecule has 0 fully saturated rings. The Kier molecular flexibility index (Phi) is 16.3. The van der Waals surface area contributed by atoms with E-state index in [1.807, 2.05) is 0 Å². The van der Waals surface area contributed by atoms with E-state index >= 15 is 0 Å². The molecule has 0 amide bonds. The number of aryl methyl sites for hydroxylation is 1. The summed E-state index contributed by atoms with van der Waals surface area (Å²) in [7, 11) is 0. The number of aliphatic hydroxyl groups excluding tert-OH is 1. The van der Waals surface area contributed by atoms with Crippen LogP contribution in [0.25, 0.3) is 0 Å². The first-order valence-electron chi connectivity index (χ1n) is 9.46. The van der Waals surface area contributed by atoms with Crippen LogP contribution in [0.3, 0.4) is 0 Å². The topological polar surface area (TPSA) is 75.6 Å². The smallest absolute Gasteiger partial charge is 0.0718 e. The third-order valence-corrected chi connectivity index (χ3v) is 3.48. The third kappa shape index (κ3) is 15.7. The molecule has 0 atom stereocenters. The summed E-state index contributed by atoms with van der Waals surface area (Å²) in [6.07, 6.45) is 0. The van der Waals surface area contributed by atoms with Gasteiger partial charge in [0.2, 0.25) is 0 Å². The molecule has 0 radical (unpaired) electrons. The first kappa shape index (κ1) is 24.0. The lowest BCUT2D eigenvalue weighted by molar-refractivity contribution is -0.0190. The highest BCUT2D eigenvalue weighted by atomic mass is 16.6. The van der Waals surface area contributed by atoms with Crippen LogP contribution in [0.4, 0.5) is 0 Å². The van der Waals surface area contributed by atoms with Crippen LogP contribution in [-0.4, -0.2) is 84.4 Å². The maximum atomic E-state index is 8.53. The number of benzene rings is 1. The largest absolute Gasteiger partial charge is 0.394 e. The Morgan fingerprint density at radius 2 is 0.926 bits per heavy atom. The van der Waals surface area contributed by atoms with Gasteiger partial charge in [-0.25, -0.2) is 0 Å². The van der Waals surface area contributed by atoms with Gasteiger partial charge < -0.3 is 33.5 Å². The summed E-state index contributed by atoms with van der Waals surface area (Å²) >= 11 is 0. The fourth-order valence-electron chi connectivity index (χ4n) is 2.04. The molecule has 7 nitrogen and oxygen atoms in total. The van der Waals surface area contributed by atoms with Crippen molar-refractivity contribution in [1.29, 1.82) is 0 Å². The van der Waals surface area contributed by atoms with E-state index < -0.39 is 0 Å². The summed E-state index contributed by atoms with van der Waals surface area (Å²) in [4.78, 5) is 0. The van der Waals surface area contributed by atoms with Crippen molar-refractivity contribution in [1.82, 2.24) is 0 Å². The van der Waals surface area contributed by atoms with Gasteiger partial charge in [0, 0.05) is 0 Å². The normalized spacial score (nSPS) is 11.2. The van der Waals surface area contributed by atoms with Crippen LogP contribution < -0.4 is 0 Å². The van der Waals surface area contributed by atoms with Crippen molar-refractivity contribution < 1.29 is 33.5 Å². The number of aliphatic hydroxyl groups is 1. The molecule has 0 spiro atoms. The third-order valence-electron chi connectivity index (χ3n) is 3.48. The lowest BCUT2D eigenvalue weighted by atomic mass is 10.2. The lowest BCUT2D eigenvalue weighted by Gasteiger charge is -2.08. The Hall–Kier alpha value is -1.06. The van der Waals surface area contributed by atoms with Gasteiger partial charge in [0.25, 0.3) is 0 Å². The Bertz CT molecular complexity index is 425. The maximum absolute atomic E-state index is 8.53. The van der Waals surface area contributed by atoms with Gasteiger partial charge in [-0.05, 0) is 12.5 Å². The molecule has 0 aliphatic heterocycles. The highest BCUT2D eigenvalue weighted by Crippen LogP contribution is 2.04. The molecule has 0 aliphatic carbocycles. The standard InChI is InChI=1S/C20H34O7/c1-19-2-4-20(5-3-19)18-27-17-16-26-15-14-25-13-12-24-11-10-23-9-8-22-7-6-21/h2-5,21H,6-18H2,1H3. The van der Waals surface area contributed by atoms with Gasteiger partial charge in [-0.15, -0.1) is 0 Å². The molecule has 0 saturated heterocycles. The molecule has 27 heavy (non-hydrogen) atoms. The zero-order chi connectivity index (χ0) is 19.4. The molecule has 0 heterocycles. The summed E-state index contributed by atoms with van der Waals surface area (Å²) < 4.78 is 32.2. The van der Waals surface area contributed by atoms with Crippen LogP contribution in [0.5, 0.6) is 0 Å². The molecule has 1 aromatic carbocycles. The summed E-state index contributed by atoms with van der Waals surface area (Å²) in [5.74, 6) is 0. The molecule has 0 aromatic heterocycles. The van der Waals surface area contributed by atoms with Crippen LogP contribution in [0.15, 0.2) is 24.3 Å². The Balaban J connectivity index is 1.71. The summed E-state index contributed by atoms with van der Waals surface area (Å²) in [5, 5.41) is 8.53. The Morgan fingerprint density at radius 1 is 0.556 bits per heavy atom. The van der Waals surface area contributed by atoms with Gasteiger partial charge in [-0.3, -0.25) is 0 Å². The SMILES string of the molecule is Cc1ccc(COCCOCCOCCOCCOCCOCCO)cc1. The van der Waals surface area contributed by atoms with E-state index in [-0.39, 0.29) is 6.61 Å². The fraction of sp³-hybridized carbons (Fsp3) is 0.700. The van der Waals surface area contributed by atoms with Crippen LogP contribution >= 0.6 is 0 Å². The Morgan fingerprint density at radius 3 is 1.33 bits per heavy atom. The minimum Gasteiger partial charge on any atom is -0.394 e. The van der Waals surface area contributed by atoms with Gasteiger partial charge in [0.1, 0.15) is 0 Å². The van der Waals surface area contributed by atoms with E-state index in [4.69, 9.17) is 33.5 Å². The van der Waals surface area contributed by atoms with Crippen LogP contribution in [0, 0.1) is 6.92 Å². The second-order valence-electron chi connectivity index (χ2n) is 5.82. The van der Waals surface area contributed by atoms with Gasteiger partial charge >= 0.3 is 0 Å². The molecule has 0 saturated carbocycles. The van der Waals surface area contributed by atoms with E-state index in [1.165, 1.54) is 11.1 Å². The number of hydrogen-bond acceptors (Lipinski definition) is 7. The van der Waals surface area contributed by atoms with E-state index in [0.717, 1.165) is 0 Å². The first-order valence-corrected chi connectivity index (χ1v) is 9.46. The molecule has 0 aliphatic rings. The van der Waals surface area contributed by atoms with Crippen molar-refractivity contribution in [2.75, 3.05) is 79.3 Å². The monoisotopic (exact) mass is 386 g/mol. The van der Waals surface area contributed by atoms with Crippen LogP contribution in [0.1, 0.15) is 11.1 Å². The molecule has 1 N–H and O–H groups in total. The minimum absolute atomic E-state index is 0.0376. The number of rotatable bonds is 19. The van der Waals surface area contributed by atoms with E-state index in [1.54, 1.807) is 0 Å². The van der Waals surface area contributed by atoms with E-state index in [9.17, 15) is 0 Å². The van der Waals surface area contributed by atoms with Crippen molar-refractivity contribution in [3.63, 3.8) is 0 Å². The highest BCUT2D eigenvalue weighted by molar-refractivity contribution is 5.20. The average molecular weight is 386 g/mol. The summed E-state index contributed by atoms with van der Waals surface area (Å²) in [6, 6.07) is 8.32. The van der Waals surface area contributed by atoms with Gasteiger partial charge in [0.15, 0.2) is 0 Å². The maximum Gasteiger partial charge on any atom is 0.0718 e. The number of hydrogen-bond donors (Lipinski definition) is 1. The molecule has 1 aromatic rings. The summed E-state index contributed by atoms with van der Waals surface area (Å²) in [6.45, 7) is 8.39. The second kappa shape index (κ2) is 18.3. The molecule has 0 unspecified atom stereocenters. The predicted octanol–water partition coefficient (Wildman–Crippen LogP) is 1.59. The molecule has 7 heteroatoms. The Labute approximate surface area is 162 Å². The first-order chi connectivity index (χ1) is 13.3. The minimum atomic E-state index is 0.0376. The van der Waals surface area contributed by atoms with Crippen molar-refractivity contribution in [3.8, 4) is 0 Å². The van der Waals surface area contributed by atoms with Crippen molar-refractivity contribution >= 4 is 0 Å². The number of ether oxygens (including phenoxy) is 6. The zero-order valence-electron chi connectivity index (χ0n) is 16.4. The molecule has 0 bridgehead atoms. The second-order valence-corrected chi connectivity index (χ2v) is 5.82. The van der Waals surface area contributed by atoms with Gasteiger partial charge in [-0.2, -0.15) is 0 Å². The van der Waals surface area contributed by atoms with Gasteiger partial charge in [-0.1, -0.05) is 29.8 Å². The van der Waals surface area contributed by atoms with Crippen molar-refractivity contribution in [2.24, 2.45) is 0 Å². The van der Waals surface area contributed by atoms with Crippen LogP contribution in [0.2, 0.25) is 0 Å². The van der Waals surface area contributed by atoms with Crippen molar-refractivity contribution in [2.45, 2.75) is 13.5 Å².